The van der Waals surface area contributed by atoms with Crippen molar-refractivity contribution < 1.29 is 52.8 Å². The summed E-state index contributed by atoms with van der Waals surface area (Å²) in [6.45, 7) is 8.05. The zero-order valence-corrected chi connectivity index (χ0v) is 16.9. The zero-order valence-electron chi connectivity index (χ0n) is 16.9. The molecule has 5 atom stereocenters. The first-order chi connectivity index (χ1) is 13.4. The average Bonchev–Trinajstić information content (AvgIpc) is 2.58. The number of hydrogen-bond donors (Lipinski definition) is 1. The van der Waals surface area contributed by atoms with Crippen molar-refractivity contribution in [3.63, 3.8) is 0 Å². The predicted molar refractivity (Wildman–Crippen MR) is 95.1 cm³/mol. The highest BCUT2D eigenvalue weighted by atomic mass is 16.6. The molecule has 0 spiro atoms. The lowest BCUT2D eigenvalue weighted by atomic mass is 9.98. The smallest absolute Gasteiger partial charge is 0.303 e. The van der Waals surface area contributed by atoms with E-state index >= 15 is 0 Å². The highest BCUT2D eigenvalue weighted by molar-refractivity contribution is 5.69. The molecular formula is C18H26O11. The van der Waals surface area contributed by atoms with E-state index in [1.165, 1.54) is 0 Å². The minimum atomic E-state index is -1.63. The fourth-order valence-corrected chi connectivity index (χ4v) is 2.32. The van der Waals surface area contributed by atoms with Gasteiger partial charge in [-0.1, -0.05) is 6.08 Å². The number of hydrogen-bond acceptors (Lipinski definition) is 11. The van der Waals surface area contributed by atoms with Crippen LogP contribution < -0.4 is 0 Å². The van der Waals surface area contributed by atoms with Crippen LogP contribution in [0.2, 0.25) is 0 Å². The van der Waals surface area contributed by atoms with Crippen LogP contribution in [0.5, 0.6) is 0 Å². The Labute approximate surface area is 167 Å². The van der Waals surface area contributed by atoms with Crippen LogP contribution in [0.3, 0.4) is 0 Å². The molecule has 0 amide bonds. The molecule has 0 saturated carbocycles. The molecule has 1 N–H and O–H groups in total. The van der Waals surface area contributed by atoms with E-state index in [1.807, 2.05) is 0 Å². The van der Waals surface area contributed by atoms with Crippen molar-refractivity contribution >= 4 is 29.8 Å². The second-order valence-electron chi connectivity index (χ2n) is 5.90. The molecule has 0 heterocycles. The third-order valence-electron chi connectivity index (χ3n) is 3.27. The number of ether oxygens (including phenoxy) is 5. The van der Waals surface area contributed by atoms with E-state index in [0.717, 1.165) is 40.7 Å². The van der Waals surface area contributed by atoms with Crippen LogP contribution in [0, 0.1) is 0 Å². The average molecular weight is 418 g/mol. The molecule has 0 aromatic carbocycles. The summed E-state index contributed by atoms with van der Waals surface area (Å²) < 4.78 is 25.2. The molecule has 0 aliphatic rings. The lowest BCUT2D eigenvalue weighted by molar-refractivity contribution is -0.208. The van der Waals surface area contributed by atoms with E-state index in [4.69, 9.17) is 23.7 Å². The maximum atomic E-state index is 11.7. The number of rotatable bonds is 11. The van der Waals surface area contributed by atoms with Crippen LogP contribution in [-0.2, 0) is 47.7 Å². The summed E-state index contributed by atoms with van der Waals surface area (Å²) in [4.78, 5) is 57.5. The number of carbonyl (C=O) groups excluding carboxylic acids is 5. The maximum absolute atomic E-state index is 11.7. The van der Waals surface area contributed by atoms with Crippen LogP contribution in [0.4, 0.5) is 0 Å². The number of carbonyl (C=O) groups is 5. The molecule has 164 valence electrons. The Hall–Kier alpha value is -2.95. The number of aliphatic hydroxyl groups excluding tert-OH is 1. The second-order valence-corrected chi connectivity index (χ2v) is 5.90. The van der Waals surface area contributed by atoms with Crippen LogP contribution in [0.15, 0.2) is 12.7 Å². The molecule has 0 aliphatic heterocycles. The Balaban J connectivity index is 6.28. The topological polar surface area (TPSA) is 152 Å². The summed E-state index contributed by atoms with van der Waals surface area (Å²) in [5.74, 6) is -4.15. The molecule has 29 heavy (non-hydrogen) atoms. The summed E-state index contributed by atoms with van der Waals surface area (Å²) in [7, 11) is 0. The van der Waals surface area contributed by atoms with Crippen LogP contribution >= 0.6 is 0 Å². The van der Waals surface area contributed by atoms with Gasteiger partial charge in [0.15, 0.2) is 24.4 Å². The van der Waals surface area contributed by atoms with Crippen LogP contribution in [0.1, 0.15) is 34.6 Å². The molecule has 0 aliphatic carbocycles. The van der Waals surface area contributed by atoms with Crippen LogP contribution in [0.25, 0.3) is 0 Å². The fourth-order valence-electron chi connectivity index (χ4n) is 2.32. The van der Waals surface area contributed by atoms with Gasteiger partial charge in [0.05, 0.1) is 0 Å². The molecule has 0 saturated heterocycles. The summed E-state index contributed by atoms with van der Waals surface area (Å²) in [5, 5.41) is 10.2. The lowest BCUT2D eigenvalue weighted by Crippen LogP contribution is -2.55. The summed E-state index contributed by atoms with van der Waals surface area (Å²) >= 11 is 0. The zero-order chi connectivity index (χ0) is 22.7. The summed E-state index contributed by atoms with van der Waals surface area (Å²) in [6, 6.07) is 0. The summed E-state index contributed by atoms with van der Waals surface area (Å²) in [6.07, 6.45) is -6.80. The fraction of sp³-hybridized carbons (Fsp3) is 0.611. The van der Waals surface area contributed by atoms with Crippen LogP contribution in [-0.4, -0.2) is 72.1 Å². The number of aliphatic hydroxyl groups is 1. The highest BCUT2D eigenvalue weighted by Gasteiger charge is 2.45. The van der Waals surface area contributed by atoms with Crippen molar-refractivity contribution in [1.82, 2.24) is 0 Å². The van der Waals surface area contributed by atoms with Gasteiger partial charge in [0, 0.05) is 34.6 Å². The maximum Gasteiger partial charge on any atom is 0.303 e. The molecule has 0 fully saturated rings. The Bertz CT molecular complexity index is 627. The van der Waals surface area contributed by atoms with Crippen molar-refractivity contribution in [2.24, 2.45) is 0 Å². The molecule has 0 radical (unpaired) electrons. The number of esters is 5. The molecule has 0 aromatic heterocycles. The van der Waals surface area contributed by atoms with Gasteiger partial charge in [0.2, 0.25) is 0 Å². The van der Waals surface area contributed by atoms with Gasteiger partial charge < -0.3 is 28.8 Å². The largest absolute Gasteiger partial charge is 0.462 e. The van der Waals surface area contributed by atoms with Crippen molar-refractivity contribution in [3.05, 3.63) is 12.7 Å². The Morgan fingerprint density at radius 2 is 1.14 bits per heavy atom. The van der Waals surface area contributed by atoms with Gasteiger partial charge in [-0.2, -0.15) is 0 Å². The van der Waals surface area contributed by atoms with E-state index in [-0.39, 0.29) is 0 Å². The lowest BCUT2D eigenvalue weighted by Gasteiger charge is -2.36. The monoisotopic (exact) mass is 418 g/mol. The molecule has 0 aromatic rings. The molecular weight excluding hydrogens is 392 g/mol. The minimum Gasteiger partial charge on any atom is -0.462 e. The van der Waals surface area contributed by atoms with Gasteiger partial charge in [-0.3, -0.25) is 24.0 Å². The van der Waals surface area contributed by atoms with Gasteiger partial charge in [-0.15, -0.1) is 6.58 Å². The van der Waals surface area contributed by atoms with E-state index in [9.17, 15) is 29.1 Å². The molecule has 11 heteroatoms. The Morgan fingerprint density at radius 1 is 0.724 bits per heavy atom. The predicted octanol–water partition coefficient (Wildman–Crippen LogP) is -0.177. The first-order valence-corrected chi connectivity index (χ1v) is 8.51. The van der Waals surface area contributed by atoms with Gasteiger partial charge in [0.25, 0.3) is 0 Å². The van der Waals surface area contributed by atoms with E-state index in [2.05, 4.69) is 6.58 Å². The third-order valence-corrected chi connectivity index (χ3v) is 3.27. The molecule has 11 nitrogen and oxygen atoms in total. The van der Waals surface area contributed by atoms with Gasteiger partial charge in [-0.05, 0) is 0 Å². The molecule has 0 bridgehead atoms. The molecule has 0 unspecified atom stereocenters. The standard InChI is InChI=1S/C18H26O11/c1-7-14(24)16(27-11(4)21)18(29-13(6)23)17(28-12(5)22)15(26-10(3)20)8-25-9(2)19/h7,14-18,24H,1,8H2,2-6H3/t14-,15-,16-,17-,18+/m1/s1. The Kier molecular flexibility index (Phi) is 11.2. The molecule has 0 rings (SSSR count). The van der Waals surface area contributed by atoms with E-state index in [1.54, 1.807) is 0 Å². The Morgan fingerprint density at radius 3 is 1.52 bits per heavy atom. The van der Waals surface area contributed by atoms with Crippen molar-refractivity contribution in [3.8, 4) is 0 Å². The van der Waals surface area contributed by atoms with Gasteiger partial charge in [-0.25, -0.2) is 0 Å². The van der Waals surface area contributed by atoms with E-state index < -0.39 is 67.0 Å². The van der Waals surface area contributed by atoms with Crippen molar-refractivity contribution in [2.45, 2.75) is 65.1 Å². The van der Waals surface area contributed by atoms with Crippen molar-refractivity contribution in [1.29, 1.82) is 0 Å². The highest BCUT2D eigenvalue weighted by Crippen LogP contribution is 2.22. The summed E-state index contributed by atoms with van der Waals surface area (Å²) in [5.41, 5.74) is 0. The van der Waals surface area contributed by atoms with Gasteiger partial charge in [0.1, 0.15) is 12.7 Å². The first kappa shape index (κ1) is 26.1. The third kappa shape index (κ3) is 10.2. The first-order valence-electron chi connectivity index (χ1n) is 8.51. The SMILES string of the molecule is C=C[C@@H](O)[C@@H](OC(C)=O)[C@H](OC(C)=O)[C@H](OC(C)=O)[C@@H](COC(C)=O)OC(C)=O. The van der Waals surface area contributed by atoms with E-state index in [0.29, 0.717) is 0 Å². The van der Waals surface area contributed by atoms with Gasteiger partial charge >= 0.3 is 29.8 Å². The quantitative estimate of drug-likeness (QED) is 0.270. The second kappa shape index (κ2) is 12.5. The normalized spacial score (nSPS) is 15.5. The van der Waals surface area contributed by atoms with Crippen molar-refractivity contribution in [2.75, 3.05) is 6.61 Å². The minimum absolute atomic E-state index is 0.568.